The Labute approximate surface area is 319 Å². The van der Waals surface area contributed by atoms with E-state index in [-0.39, 0.29) is 18.0 Å². The Hall–Kier alpha value is -1.14. The molecule has 0 aliphatic carbocycles. The van der Waals surface area contributed by atoms with Crippen molar-refractivity contribution in [3.63, 3.8) is 0 Å². The van der Waals surface area contributed by atoms with E-state index >= 15 is 0 Å². The van der Waals surface area contributed by atoms with Gasteiger partial charge >= 0.3 is 11.9 Å². The first kappa shape index (κ1) is 49.9. The average molecular weight is 723 g/mol. The number of carbonyl (C=O) groups excluding carboxylic acids is 2. The van der Waals surface area contributed by atoms with Gasteiger partial charge < -0.3 is 19.7 Å². The Morgan fingerprint density at radius 2 is 0.863 bits per heavy atom. The molecule has 0 aliphatic rings. The standard InChI is InChI=1S/C45H90N2O4/c1-5-8-11-14-19-26-34-43(35-27-20-15-12-9-6-2)51-45(49)37-29-22-18-24-31-40-47(41-33-38-46-4)39-30-23-17-21-28-36-44(48)50-42-32-25-16-13-10-7-3/h43,46H,5-42H2,1-4H3. The lowest BCUT2D eigenvalue weighted by Gasteiger charge is -2.22. The van der Waals surface area contributed by atoms with E-state index in [9.17, 15) is 9.59 Å². The van der Waals surface area contributed by atoms with E-state index < -0.39 is 0 Å². The third-order valence-electron chi connectivity index (χ3n) is 10.4. The molecule has 304 valence electrons. The Kier molecular flexibility index (Phi) is 40.7. The van der Waals surface area contributed by atoms with Crippen LogP contribution in [0.25, 0.3) is 0 Å². The van der Waals surface area contributed by atoms with Crippen LogP contribution >= 0.6 is 0 Å². The van der Waals surface area contributed by atoms with Crippen molar-refractivity contribution in [1.82, 2.24) is 10.2 Å². The van der Waals surface area contributed by atoms with Crippen molar-refractivity contribution in [2.45, 2.75) is 239 Å². The van der Waals surface area contributed by atoms with Crippen LogP contribution in [-0.4, -0.2) is 62.8 Å². The second-order valence-electron chi connectivity index (χ2n) is 15.5. The molecule has 0 aromatic carbocycles. The summed E-state index contributed by atoms with van der Waals surface area (Å²) in [4.78, 5) is 27.4. The maximum Gasteiger partial charge on any atom is 0.306 e. The molecular weight excluding hydrogens is 633 g/mol. The summed E-state index contributed by atoms with van der Waals surface area (Å²) in [6.45, 7) is 12.0. The summed E-state index contributed by atoms with van der Waals surface area (Å²) in [7, 11) is 2.04. The van der Waals surface area contributed by atoms with Crippen LogP contribution in [0.3, 0.4) is 0 Å². The molecule has 0 aromatic heterocycles. The molecule has 1 N–H and O–H groups in total. The number of unbranched alkanes of at least 4 members (excludes halogenated alkanes) is 23. The minimum atomic E-state index is -0.00885. The lowest BCUT2D eigenvalue weighted by Crippen LogP contribution is -2.29. The molecule has 0 heterocycles. The molecule has 51 heavy (non-hydrogen) atoms. The molecule has 0 amide bonds. The highest BCUT2D eigenvalue weighted by atomic mass is 16.5. The first-order chi connectivity index (χ1) is 25.1. The van der Waals surface area contributed by atoms with E-state index in [4.69, 9.17) is 9.47 Å². The molecule has 0 unspecified atom stereocenters. The fourth-order valence-corrected chi connectivity index (χ4v) is 7.04. The van der Waals surface area contributed by atoms with Crippen LogP contribution in [0.4, 0.5) is 0 Å². The molecular formula is C45H90N2O4. The van der Waals surface area contributed by atoms with Crippen LogP contribution in [0.15, 0.2) is 0 Å². The molecule has 6 nitrogen and oxygen atoms in total. The van der Waals surface area contributed by atoms with Crippen LogP contribution in [-0.2, 0) is 19.1 Å². The summed E-state index contributed by atoms with van der Waals surface area (Å²) in [5.41, 5.74) is 0. The number of hydrogen-bond acceptors (Lipinski definition) is 6. The Balaban J connectivity index is 4.11. The summed E-state index contributed by atoms with van der Waals surface area (Å²) in [5.74, 6) is 0.0292. The Morgan fingerprint density at radius 1 is 0.471 bits per heavy atom. The molecule has 0 rings (SSSR count). The van der Waals surface area contributed by atoms with Crippen molar-refractivity contribution in [1.29, 1.82) is 0 Å². The van der Waals surface area contributed by atoms with E-state index in [1.165, 1.54) is 167 Å². The predicted octanol–water partition coefficient (Wildman–Crippen LogP) is 12.9. The van der Waals surface area contributed by atoms with Crippen LogP contribution in [0.1, 0.15) is 233 Å². The first-order valence-electron chi connectivity index (χ1n) is 22.8. The fourth-order valence-electron chi connectivity index (χ4n) is 7.04. The van der Waals surface area contributed by atoms with Gasteiger partial charge in [-0.3, -0.25) is 9.59 Å². The van der Waals surface area contributed by atoms with Gasteiger partial charge in [-0.2, -0.15) is 0 Å². The number of rotatable bonds is 42. The highest BCUT2D eigenvalue weighted by Crippen LogP contribution is 2.18. The van der Waals surface area contributed by atoms with Gasteiger partial charge in [-0.05, 0) is 97.4 Å². The van der Waals surface area contributed by atoms with Crippen molar-refractivity contribution in [3.8, 4) is 0 Å². The van der Waals surface area contributed by atoms with Crippen LogP contribution in [0, 0.1) is 0 Å². The van der Waals surface area contributed by atoms with E-state index in [2.05, 4.69) is 31.0 Å². The normalized spacial score (nSPS) is 11.6. The quantitative estimate of drug-likeness (QED) is 0.0500. The molecule has 0 aromatic rings. The summed E-state index contributed by atoms with van der Waals surface area (Å²) in [5, 5.41) is 3.30. The van der Waals surface area contributed by atoms with Gasteiger partial charge in [0, 0.05) is 12.8 Å². The number of nitrogens with zero attached hydrogens (tertiary/aromatic N) is 1. The van der Waals surface area contributed by atoms with Gasteiger partial charge in [0.25, 0.3) is 0 Å². The molecule has 0 fully saturated rings. The van der Waals surface area contributed by atoms with Gasteiger partial charge in [-0.1, -0.05) is 156 Å². The molecule has 0 atom stereocenters. The second-order valence-corrected chi connectivity index (χ2v) is 15.5. The van der Waals surface area contributed by atoms with Crippen molar-refractivity contribution < 1.29 is 19.1 Å². The molecule has 0 spiro atoms. The van der Waals surface area contributed by atoms with Gasteiger partial charge in [0.2, 0.25) is 0 Å². The van der Waals surface area contributed by atoms with Gasteiger partial charge in [0.1, 0.15) is 6.10 Å². The number of esters is 2. The molecule has 0 saturated heterocycles. The zero-order chi connectivity index (χ0) is 37.3. The van der Waals surface area contributed by atoms with Crippen LogP contribution in [0.2, 0.25) is 0 Å². The number of hydrogen-bond donors (Lipinski definition) is 1. The zero-order valence-corrected chi connectivity index (χ0v) is 35.0. The summed E-state index contributed by atoms with van der Waals surface area (Å²) in [6, 6.07) is 0. The number of nitrogens with one attached hydrogen (secondary N) is 1. The first-order valence-corrected chi connectivity index (χ1v) is 22.8. The minimum absolute atomic E-state index is 0.00885. The molecule has 6 heteroatoms. The monoisotopic (exact) mass is 723 g/mol. The summed E-state index contributed by atoms with van der Waals surface area (Å²) < 4.78 is 11.5. The van der Waals surface area contributed by atoms with Gasteiger partial charge in [-0.15, -0.1) is 0 Å². The SMILES string of the molecule is CCCCCCCCOC(=O)CCCCCCCN(CCCCCCCC(=O)OC(CCCCCCCC)CCCCCCCC)CCCNC. The lowest BCUT2D eigenvalue weighted by molar-refractivity contribution is -0.150. The topological polar surface area (TPSA) is 67.9 Å². The number of ether oxygens (including phenoxy) is 2. The maximum atomic E-state index is 12.7. The Bertz CT molecular complexity index is 702. The van der Waals surface area contributed by atoms with Gasteiger partial charge in [0.15, 0.2) is 0 Å². The van der Waals surface area contributed by atoms with E-state index in [1.54, 1.807) is 0 Å². The second kappa shape index (κ2) is 41.6. The highest BCUT2D eigenvalue weighted by Gasteiger charge is 2.14. The highest BCUT2D eigenvalue weighted by molar-refractivity contribution is 5.69. The molecule has 0 bridgehead atoms. The van der Waals surface area contributed by atoms with Crippen molar-refractivity contribution >= 4 is 11.9 Å². The summed E-state index contributed by atoms with van der Waals surface area (Å²) in [6.07, 6.45) is 39.0. The maximum absolute atomic E-state index is 12.7. The molecule has 0 radical (unpaired) electrons. The smallest absolute Gasteiger partial charge is 0.306 e. The third kappa shape index (κ3) is 38.4. The largest absolute Gasteiger partial charge is 0.466 e. The van der Waals surface area contributed by atoms with Gasteiger partial charge in [-0.25, -0.2) is 0 Å². The lowest BCUT2D eigenvalue weighted by atomic mass is 10.0. The predicted molar refractivity (Wildman–Crippen MR) is 221 cm³/mol. The molecule has 0 aliphatic heterocycles. The summed E-state index contributed by atoms with van der Waals surface area (Å²) >= 11 is 0. The average Bonchev–Trinajstić information content (AvgIpc) is 3.12. The van der Waals surface area contributed by atoms with Crippen LogP contribution < -0.4 is 5.32 Å². The van der Waals surface area contributed by atoms with Crippen LogP contribution in [0.5, 0.6) is 0 Å². The van der Waals surface area contributed by atoms with Gasteiger partial charge in [0.05, 0.1) is 6.61 Å². The Morgan fingerprint density at radius 3 is 1.35 bits per heavy atom. The van der Waals surface area contributed by atoms with E-state index in [0.717, 1.165) is 58.0 Å². The third-order valence-corrected chi connectivity index (χ3v) is 10.4. The minimum Gasteiger partial charge on any atom is -0.466 e. The van der Waals surface area contributed by atoms with E-state index in [1.807, 2.05) is 7.05 Å². The zero-order valence-electron chi connectivity index (χ0n) is 35.0. The van der Waals surface area contributed by atoms with E-state index in [0.29, 0.717) is 19.4 Å². The van der Waals surface area contributed by atoms with Crippen molar-refractivity contribution in [2.75, 3.05) is 39.8 Å². The molecule has 0 saturated carbocycles. The van der Waals surface area contributed by atoms with Crippen molar-refractivity contribution in [3.05, 3.63) is 0 Å². The number of carbonyl (C=O) groups is 2. The fraction of sp³-hybridized carbons (Fsp3) is 0.956. The van der Waals surface area contributed by atoms with Crippen molar-refractivity contribution in [2.24, 2.45) is 0 Å².